The minimum atomic E-state index is -0.657. The molecule has 0 fully saturated rings. The number of aromatic nitrogens is 2. The van der Waals surface area contributed by atoms with Gasteiger partial charge >= 0.3 is 0 Å². The number of nitrogens with two attached hydrogens (primary N) is 1. The minimum absolute atomic E-state index is 0.119. The van der Waals surface area contributed by atoms with Crippen molar-refractivity contribution in [3.63, 3.8) is 0 Å². The molecule has 20 heavy (non-hydrogen) atoms. The third-order valence-corrected chi connectivity index (χ3v) is 3.54. The standard InChI is InChI=1S/C15H20N4O/c1-10(13-9-17-19(3)11(13)2)18-15(20)14(16)12-7-5-4-6-8-12/h4-10,14H,16H2,1-3H3,(H,18,20). The van der Waals surface area contributed by atoms with Crippen molar-refractivity contribution in [1.82, 2.24) is 15.1 Å². The van der Waals surface area contributed by atoms with Crippen LogP contribution in [0.2, 0.25) is 0 Å². The lowest BCUT2D eigenvalue weighted by molar-refractivity contribution is -0.123. The van der Waals surface area contributed by atoms with E-state index in [2.05, 4.69) is 10.4 Å². The van der Waals surface area contributed by atoms with E-state index < -0.39 is 6.04 Å². The molecule has 2 aromatic rings. The number of nitrogens with zero attached hydrogens (tertiary/aromatic N) is 2. The number of carbonyl (C=O) groups excluding carboxylic acids is 1. The Bertz CT molecular complexity index is 591. The highest BCUT2D eigenvalue weighted by Crippen LogP contribution is 2.17. The van der Waals surface area contributed by atoms with Crippen LogP contribution >= 0.6 is 0 Å². The van der Waals surface area contributed by atoms with Gasteiger partial charge in [0.25, 0.3) is 0 Å². The molecule has 2 unspecified atom stereocenters. The average molecular weight is 272 g/mol. The summed E-state index contributed by atoms with van der Waals surface area (Å²) in [5.74, 6) is -0.188. The fourth-order valence-electron chi connectivity index (χ4n) is 2.13. The molecule has 1 heterocycles. The molecule has 0 saturated heterocycles. The molecule has 0 aliphatic rings. The highest BCUT2D eigenvalue weighted by Gasteiger charge is 2.20. The molecule has 0 spiro atoms. The lowest BCUT2D eigenvalue weighted by Crippen LogP contribution is -2.35. The number of amides is 1. The summed E-state index contributed by atoms with van der Waals surface area (Å²) in [6.07, 6.45) is 1.77. The van der Waals surface area contributed by atoms with Crippen molar-refractivity contribution in [1.29, 1.82) is 0 Å². The molecule has 1 amide bonds. The maximum atomic E-state index is 12.2. The largest absolute Gasteiger partial charge is 0.348 e. The SMILES string of the molecule is Cc1c(C(C)NC(=O)C(N)c2ccccc2)cnn1C. The van der Waals surface area contributed by atoms with Crippen molar-refractivity contribution in [3.05, 3.63) is 53.3 Å². The van der Waals surface area contributed by atoms with E-state index in [1.807, 2.05) is 51.2 Å². The molecule has 0 radical (unpaired) electrons. The third kappa shape index (κ3) is 2.88. The lowest BCUT2D eigenvalue weighted by atomic mass is 10.1. The van der Waals surface area contributed by atoms with Crippen LogP contribution in [0.1, 0.15) is 35.8 Å². The molecule has 5 heteroatoms. The van der Waals surface area contributed by atoms with Crippen molar-refractivity contribution in [2.75, 3.05) is 0 Å². The zero-order valence-electron chi connectivity index (χ0n) is 12.0. The molecular formula is C15H20N4O. The Kier molecular flexibility index (Phi) is 4.20. The van der Waals surface area contributed by atoms with Gasteiger partial charge in [-0.25, -0.2) is 0 Å². The Hall–Kier alpha value is -2.14. The van der Waals surface area contributed by atoms with Crippen molar-refractivity contribution >= 4 is 5.91 Å². The monoisotopic (exact) mass is 272 g/mol. The van der Waals surface area contributed by atoms with Gasteiger partial charge in [0, 0.05) is 18.3 Å². The smallest absolute Gasteiger partial charge is 0.241 e. The van der Waals surface area contributed by atoms with Gasteiger partial charge in [-0.05, 0) is 19.4 Å². The van der Waals surface area contributed by atoms with E-state index in [0.717, 1.165) is 16.8 Å². The fraction of sp³-hybridized carbons (Fsp3) is 0.333. The lowest BCUT2D eigenvalue weighted by Gasteiger charge is -2.17. The van der Waals surface area contributed by atoms with Crippen LogP contribution in [0, 0.1) is 6.92 Å². The first-order valence-electron chi connectivity index (χ1n) is 6.60. The maximum absolute atomic E-state index is 12.2. The normalized spacial score (nSPS) is 13.8. The van der Waals surface area contributed by atoms with E-state index in [4.69, 9.17) is 5.73 Å². The van der Waals surface area contributed by atoms with E-state index in [9.17, 15) is 4.79 Å². The molecule has 0 bridgehead atoms. The fourth-order valence-corrected chi connectivity index (χ4v) is 2.13. The molecule has 0 aliphatic carbocycles. The van der Waals surface area contributed by atoms with Crippen LogP contribution in [0.4, 0.5) is 0 Å². The number of hydrogen-bond donors (Lipinski definition) is 2. The van der Waals surface area contributed by atoms with E-state index in [1.165, 1.54) is 0 Å². The van der Waals surface area contributed by atoms with Crippen molar-refractivity contribution in [2.45, 2.75) is 25.9 Å². The number of nitrogens with one attached hydrogen (secondary N) is 1. The highest BCUT2D eigenvalue weighted by molar-refractivity contribution is 5.83. The van der Waals surface area contributed by atoms with Gasteiger partial charge in [0.1, 0.15) is 6.04 Å². The summed E-state index contributed by atoms with van der Waals surface area (Å²) in [4.78, 5) is 12.2. The second kappa shape index (κ2) is 5.88. The topological polar surface area (TPSA) is 72.9 Å². The number of hydrogen-bond acceptors (Lipinski definition) is 3. The Labute approximate surface area is 118 Å². The summed E-state index contributed by atoms with van der Waals surface area (Å²) >= 11 is 0. The maximum Gasteiger partial charge on any atom is 0.241 e. The minimum Gasteiger partial charge on any atom is -0.348 e. The number of carbonyl (C=O) groups is 1. The molecule has 106 valence electrons. The predicted octanol–water partition coefficient (Wildman–Crippen LogP) is 1.61. The average Bonchev–Trinajstić information content (AvgIpc) is 2.79. The van der Waals surface area contributed by atoms with Gasteiger partial charge in [0.2, 0.25) is 5.91 Å². The van der Waals surface area contributed by atoms with Crippen LogP contribution in [0.25, 0.3) is 0 Å². The zero-order chi connectivity index (χ0) is 14.7. The van der Waals surface area contributed by atoms with Gasteiger partial charge in [0.05, 0.1) is 12.2 Å². The summed E-state index contributed by atoms with van der Waals surface area (Å²) in [7, 11) is 1.88. The van der Waals surface area contributed by atoms with Crippen LogP contribution in [-0.2, 0) is 11.8 Å². The molecule has 2 atom stereocenters. The molecule has 0 saturated carbocycles. The van der Waals surface area contributed by atoms with Crippen molar-refractivity contribution < 1.29 is 4.79 Å². The van der Waals surface area contributed by atoms with Crippen LogP contribution < -0.4 is 11.1 Å². The quantitative estimate of drug-likeness (QED) is 0.888. The summed E-state index contributed by atoms with van der Waals surface area (Å²) < 4.78 is 1.79. The first kappa shape index (κ1) is 14.3. The van der Waals surface area contributed by atoms with Crippen LogP contribution in [0.3, 0.4) is 0 Å². The van der Waals surface area contributed by atoms with E-state index in [-0.39, 0.29) is 11.9 Å². The Balaban J connectivity index is 2.06. The zero-order valence-corrected chi connectivity index (χ0v) is 12.0. The van der Waals surface area contributed by atoms with E-state index >= 15 is 0 Å². The van der Waals surface area contributed by atoms with Gasteiger partial charge in [0.15, 0.2) is 0 Å². The molecule has 3 N–H and O–H groups in total. The Morgan fingerprint density at radius 2 is 2.00 bits per heavy atom. The molecule has 1 aromatic heterocycles. The van der Waals surface area contributed by atoms with E-state index in [0.29, 0.717) is 0 Å². The number of benzene rings is 1. The van der Waals surface area contributed by atoms with Crippen LogP contribution in [0.5, 0.6) is 0 Å². The number of rotatable bonds is 4. The van der Waals surface area contributed by atoms with Gasteiger partial charge in [-0.15, -0.1) is 0 Å². The van der Waals surface area contributed by atoms with Gasteiger partial charge in [-0.3, -0.25) is 9.48 Å². The summed E-state index contributed by atoms with van der Waals surface area (Å²) in [6, 6.07) is 8.57. The summed E-state index contributed by atoms with van der Waals surface area (Å²) in [6.45, 7) is 3.90. The second-order valence-electron chi connectivity index (χ2n) is 4.93. The first-order valence-corrected chi connectivity index (χ1v) is 6.60. The van der Waals surface area contributed by atoms with Crippen LogP contribution in [-0.4, -0.2) is 15.7 Å². The predicted molar refractivity (Wildman–Crippen MR) is 77.9 cm³/mol. The van der Waals surface area contributed by atoms with Gasteiger partial charge in [-0.1, -0.05) is 30.3 Å². The number of aryl methyl sites for hydroxylation is 1. The first-order chi connectivity index (χ1) is 9.50. The van der Waals surface area contributed by atoms with Gasteiger partial charge < -0.3 is 11.1 Å². The molecular weight excluding hydrogens is 252 g/mol. The summed E-state index contributed by atoms with van der Waals surface area (Å²) in [5.41, 5.74) is 8.82. The summed E-state index contributed by atoms with van der Waals surface area (Å²) in [5, 5.41) is 7.11. The highest BCUT2D eigenvalue weighted by atomic mass is 16.2. The van der Waals surface area contributed by atoms with Crippen molar-refractivity contribution in [2.24, 2.45) is 12.8 Å². The van der Waals surface area contributed by atoms with Crippen molar-refractivity contribution in [3.8, 4) is 0 Å². The molecule has 5 nitrogen and oxygen atoms in total. The molecule has 2 rings (SSSR count). The Morgan fingerprint density at radius 1 is 1.35 bits per heavy atom. The van der Waals surface area contributed by atoms with Crippen LogP contribution in [0.15, 0.2) is 36.5 Å². The van der Waals surface area contributed by atoms with Gasteiger partial charge in [-0.2, -0.15) is 5.10 Å². The van der Waals surface area contributed by atoms with E-state index in [1.54, 1.807) is 10.9 Å². The molecule has 1 aromatic carbocycles. The second-order valence-corrected chi connectivity index (χ2v) is 4.93. The Morgan fingerprint density at radius 3 is 2.55 bits per heavy atom. The molecule has 0 aliphatic heterocycles. The third-order valence-electron chi connectivity index (χ3n) is 3.54.